The highest BCUT2D eigenvalue weighted by Gasteiger charge is 2.15. The largest absolute Gasteiger partial charge is 0.357 e. The van der Waals surface area contributed by atoms with Crippen molar-refractivity contribution in [2.45, 2.75) is 26.3 Å². The van der Waals surface area contributed by atoms with Gasteiger partial charge in [0, 0.05) is 29.7 Å². The van der Waals surface area contributed by atoms with Gasteiger partial charge < -0.3 is 10.2 Å². The van der Waals surface area contributed by atoms with Crippen LogP contribution in [0.4, 0.5) is 4.39 Å². The van der Waals surface area contributed by atoms with Gasteiger partial charge in [0.2, 0.25) is 0 Å². The van der Waals surface area contributed by atoms with E-state index >= 15 is 0 Å². The monoisotopic (exact) mass is 327 g/mol. The second-order valence-electron chi connectivity index (χ2n) is 4.60. The van der Waals surface area contributed by atoms with Gasteiger partial charge in [0.1, 0.15) is 5.82 Å². The summed E-state index contributed by atoms with van der Waals surface area (Å²) >= 11 is 3.36. The summed E-state index contributed by atoms with van der Waals surface area (Å²) in [6.07, 6.45) is 2.41. The molecule has 0 unspecified atom stereocenters. The highest BCUT2D eigenvalue weighted by molar-refractivity contribution is 9.10. The lowest BCUT2D eigenvalue weighted by atomic mass is 10.2. The lowest BCUT2D eigenvalue weighted by Crippen LogP contribution is -2.39. The number of nitrogens with zero attached hydrogens (tertiary/aromatic N) is 2. The summed E-state index contributed by atoms with van der Waals surface area (Å²) in [4.78, 5) is 6.77. The smallest absolute Gasteiger partial charge is 0.194 e. The summed E-state index contributed by atoms with van der Waals surface area (Å²) in [5.41, 5.74) is 0.615. The molecular weight excluding hydrogens is 309 g/mol. The molecule has 1 aliphatic heterocycles. The highest BCUT2D eigenvalue weighted by atomic mass is 79.9. The van der Waals surface area contributed by atoms with Gasteiger partial charge in [-0.15, -0.1) is 0 Å². The van der Waals surface area contributed by atoms with Gasteiger partial charge in [0.15, 0.2) is 5.96 Å². The summed E-state index contributed by atoms with van der Waals surface area (Å²) in [6, 6.07) is 4.96. The minimum absolute atomic E-state index is 0.204. The van der Waals surface area contributed by atoms with Crippen molar-refractivity contribution in [2.75, 3.05) is 19.6 Å². The molecule has 3 nitrogen and oxygen atoms in total. The summed E-state index contributed by atoms with van der Waals surface area (Å²) in [6.45, 7) is 5.31. The van der Waals surface area contributed by atoms with Gasteiger partial charge >= 0.3 is 0 Å². The number of aliphatic imine (C=N–C) groups is 1. The van der Waals surface area contributed by atoms with Crippen LogP contribution in [-0.2, 0) is 6.54 Å². The molecule has 0 atom stereocenters. The van der Waals surface area contributed by atoms with E-state index in [1.807, 2.05) is 6.92 Å². The molecule has 0 amide bonds. The maximum atomic E-state index is 13.7. The number of nitrogens with one attached hydrogen (secondary N) is 1. The van der Waals surface area contributed by atoms with Crippen molar-refractivity contribution >= 4 is 21.9 Å². The van der Waals surface area contributed by atoms with Crippen LogP contribution in [0.3, 0.4) is 0 Å². The van der Waals surface area contributed by atoms with Crippen LogP contribution in [0.5, 0.6) is 0 Å². The van der Waals surface area contributed by atoms with Crippen LogP contribution >= 0.6 is 15.9 Å². The van der Waals surface area contributed by atoms with Crippen LogP contribution in [0, 0.1) is 5.82 Å². The fourth-order valence-electron chi connectivity index (χ4n) is 2.18. The number of benzene rings is 1. The lowest BCUT2D eigenvalue weighted by molar-refractivity contribution is 0.493. The summed E-state index contributed by atoms with van der Waals surface area (Å²) < 4.78 is 14.5. The van der Waals surface area contributed by atoms with Gasteiger partial charge in [-0.05, 0) is 38.0 Å². The Labute approximate surface area is 122 Å². The SMILES string of the molecule is CCNC(=NCc1cc(Br)ccc1F)N1CCCC1. The van der Waals surface area contributed by atoms with Crippen molar-refractivity contribution in [3.05, 3.63) is 34.1 Å². The Balaban J connectivity index is 2.10. The Bertz CT molecular complexity index is 456. The summed E-state index contributed by atoms with van der Waals surface area (Å²) in [5, 5.41) is 3.27. The van der Waals surface area contributed by atoms with E-state index in [2.05, 4.69) is 31.1 Å². The third-order valence-electron chi connectivity index (χ3n) is 3.15. The average Bonchev–Trinajstić information content (AvgIpc) is 2.92. The van der Waals surface area contributed by atoms with Gasteiger partial charge in [0.05, 0.1) is 6.54 Å². The van der Waals surface area contributed by atoms with E-state index in [1.54, 1.807) is 12.1 Å². The minimum atomic E-state index is -0.204. The molecule has 0 aliphatic carbocycles. The van der Waals surface area contributed by atoms with E-state index in [1.165, 1.54) is 18.9 Å². The molecule has 0 radical (unpaired) electrons. The molecule has 1 aliphatic rings. The van der Waals surface area contributed by atoms with Gasteiger partial charge in [-0.2, -0.15) is 0 Å². The quantitative estimate of drug-likeness (QED) is 0.682. The Morgan fingerprint density at radius 1 is 1.42 bits per heavy atom. The first kappa shape index (κ1) is 14.3. The molecule has 2 rings (SSSR count). The van der Waals surface area contributed by atoms with E-state index in [0.717, 1.165) is 30.1 Å². The molecule has 1 saturated heterocycles. The van der Waals surface area contributed by atoms with Gasteiger partial charge in [-0.25, -0.2) is 9.38 Å². The molecule has 0 bridgehead atoms. The molecule has 5 heteroatoms. The lowest BCUT2D eigenvalue weighted by Gasteiger charge is -2.20. The van der Waals surface area contributed by atoms with Gasteiger partial charge in [-0.1, -0.05) is 15.9 Å². The van der Waals surface area contributed by atoms with Gasteiger partial charge in [0.25, 0.3) is 0 Å². The zero-order valence-electron chi connectivity index (χ0n) is 11.1. The van der Waals surface area contributed by atoms with Crippen LogP contribution in [0.2, 0.25) is 0 Å². The van der Waals surface area contributed by atoms with Crippen molar-refractivity contribution in [1.82, 2.24) is 10.2 Å². The molecule has 1 fully saturated rings. The standard InChI is InChI=1S/C14H19BrFN3/c1-2-17-14(19-7-3-4-8-19)18-10-11-9-12(15)5-6-13(11)16/h5-6,9H,2-4,7-8,10H2,1H3,(H,17,18). The van der Waals surface area contributed by atoms with Crippen molar-refractivity contribution in [3.63, 3.8) is 0 Å². The zero-order chi connectivity index (χ0) is 13.7. The topological polar surface area (TPSA) is 27.6 Å². The normalized spacial score (nSPS) is 15.9. The molecule has 104 valence electrons. The van der Waals surface area contributed by atoms with Crippen LogP contribution in [0.25, 0.3) is 0 Å². The number of guanidine groups is 1. The zero-order valence-corrected chi connectivity index (χ0v) is 12.7. The Morgan fingerprint density at radius 3 is 2.84 bits per heavy atom. The second kappa shape index (κ2) is 6.89. The maximum Gasteiger partial charge on any atom is 0.194 e. The van der Waals surface area contributed by atoms with Crippen molar-refractivity contribution in [1.29, 1.82) is 0 Å². The number of hydrogen-bond acceptors (Lipinski definition) is 1. The van der Waals surface area contributed by atoms with E-state index in [9.17, 15) is 4.39 Å². The van der Waals surface area contributed by atoms with Gasteiger partial charge in [-0.3, -0.25) is 0 Å². The minimum Gasteiger partial charge on any atom is -0.357 e. The molecule has 0 spiro atoms. The number of rotatable bonds is 3. The first-order valence-corrected chi connectivity index (χ1v) is 7.47. The molecule has 1 aromatic rings. The van der Waals surface area contributed by atoms with E-state index in [-0.39, 0.29) is 5.82 Å². The first-order chi connectivity index (χ1) is 9.20. The summed E-state index contributed by atoms with van der Waals surface area (Å²) in [5.74, 6) is 0.684. The number of likely N-dealkylation sites (tertiary alicyclic amines) is 1. The van der Waals surface area contributed by atoms with Crippen LogP contribution in [-0.4, -0.2) is 30.5 Å². The Hall–Kier alpha value is -1.10. The molecule has 0 saturated carbocycles. The second-order valence-corrected chi connectivity index (χ2v) is 5.52. The van der Waals surface area contributed by atoms with Crippen molar-refractivity contribution < 1.29 is 4.39 Å². The first-order valence-electron chi connectivity index (χ1n) is 6.68. The third kappa shape index (κ3) is 3.93. The van der Waals surface area contributed by atoms with E-state index in [0.29, 0.717) is 12.1 Å². The molecular formula is C14H19BrFN3. The molecule has 19 heavy (non-hydrogen) atoms. The van der Waals surface area contributed by atoms with E-state index in [4.69, 9.17) is 0 Å². The van der Waals surface area contributed by atoms with Crippen LogP contribution in [0.1, 0.15) is 25.3 Å². The van der Waals surface area contributed by atoms with Crippen molar-refractivity contribution in [2.24, 2.45) is 4.99 Å². The predicted molar refractivity (Wildman–Crippen MR) is 79.7 cm³/mol. The van der Waals surface area contributed by atoms with Crippen LogP contribution in [0.15, 0.2) is 27.7 Å². The Morgan fingerprint density at radius 2 is 2.16 bits per heavy atom. The van der Waals surface area contributed by atoms with Crippen molar-refractivity contribution in [3.8, 4) is 0 Å². The van der Waals surface area contributed by atoms with Crippen LogP contribution < -0.4 is 5.32 Å². The third-order valence-corrected chi connectivity index (χ3v) is 3.64. The average molecular weight is 328 g/mol. The predicted octanol–water partition coefficient (Wildman–Crippen LogP) is 3.15. The highest BCUT2D eigenvalue weighted by Crippen LogP contribution is 2.16. The number of hydrogen-bond donors (Lipinski definition) is 1. The maximum absolute atomic E-state index is 13.7. The molecule has 1 aromatic carbocycles. The molecule has 0 aromatic heterocycles. The fraction of sp³-hybridized carbons (Fsp3) is 0.500. The summed E-state index contributed by atoms with van der Waals surface area (Å²) in [7, 11) is 0. The fourth-order valence-corrected chi connectivity index (χ4v) is 2.59. The molecule has 1 heterocycles. The molecule has 1 N–H and O–H groups in total. The van der Waals surface area contributed by atoms with E-state index < -0.39 is 0 Å². The Kier molecular flexibility index (Phi) is 5.19. The number of halogens is 2.